The molecule has 0 saturated carbocycles. The molecule has 0 radical (unpaired) electrons. The van der Waals surface area contributed by atoms with Crippen LogP contribution < -0.4 is 5.56 Å². The molecule has 6 nitrogen and oxygen atoms in total. The van der Waals surface area contributed by atoms with Gasteiger partial charge in [0, 0.05) is 33.3 Å². The van der Waals surface area contributed by atoms with E-state index in [0.29, 0.717) is 13.2 Å². The Morgan fingerprint density at radius 2 is 2.26 bits per heavy atom. The van der Waals surface area contributed by atoms with Crippen LogP contribution in [-0.4, -0.2) is 40.8 Å². The van der Waals surface area contributed by atoms with Crippen molar-refractivity contribution in [2.24, 2.45) is 0 Å². The van der Waals surface area contributed by atoms with Gasteiger partial charge in [0.05, 0.1) is 24.9 Å². The third-order valence-electron chi connectivity index (χ3n) is 4.74. The minimum absolute atomic E-state index is 0.0338. The molecular weight excluding hydrogens is 312 g/mol. The van der Waals surface area contributed by atoms with E-state index in [-0.39, 0.29) is 11.1 Å². The lowest BCUT2D eigenvalue weighted by Gasteiger charge is -2.40. The summed E-state index contributed by atoms with van der Waals surface area (Å²) in [4.78, 5) is 18.9. The number of nitrogens with one attached hydrogen (secondary N) is 2. The molecule has 0 saturated heterocycles. The molecule has 0 unspecified atom stereocenters. The molecule has 0 aromatic carbocycles. The minimum atomic E-state index is -0.335. The first-order chi connectivity index (χ1) is 11.0. The van der Waals surface area contributed by atoms with Crippen molar-refractivity contribution >= 4 is 21.4 Å². The molecule has 0 spiro atoms. The molecule has 0 amide bonds. The number of fused-ring (bicyclic) bond motifs is 3. The monoisotopic (exact) mass is 330 g/mol. The Labute approximate surface area is 137 Å². The van der Waals surface area contributed by atoms with E-state index in [0.717, 1.165) is 31.8 Å². The zero-order valence-corrected chi connectivity index (χ0v) is 14.1. The first-order valence-corrected chi connectivity index (χ1v) is 8.26. The number of ether oxygens (including phenoxy) is 1. The van der Waals surface area contributed by atoms with E-state index in [1.165, 1.54) is 11.3 Å². The molecule has 2 N–H and O–H groups in total. The number of thiophene rings is 1. The van der Waals surface area contributed by atoms with Crippen molar-refractivity contribution in [1.82, 2.24) is 20.1 Å². The molecular formula is C16H18N4O2S. The van der Waals surface area contributed by atoms with Gasteiger partial charge < -0.3 is 9.72 Å². The quantitative estimate of drug-likeness (QED) is 0.756. The normalized spacial score (nSPS) is 21.0. The standard InChI is InChI=1S/C16H18N4O2S/c1-16(20(2)3)8-22-7-11-10-4-12(9-5-17-18-6-9)23-13(10)15(21)19-14(11)16/h4-6H,7-8H2,1-3H3,(H,17,18)(H,19,21)/t16-/m1/s1. The second-order valence-corrected chi connectivity index (χ2v) is 7.36. The van der Waals surface area contributed by atoms with Gasteiger partial charge in [0.2, 0.25) is 0 Å². The van der Waals surface area contributed by atoms with Crippen molar-refractivity contribution in [2.75, 3.05) is 20.7 Å². The summed E-state index contributed by atoms with van der Waals surface area (Å²) >= 11 is 1.49. The number of hydrogen-bond donors (Lipinski definition) is 2. The lowest BCUT2D eigenvalue weighted by Crippen LogP contribution is -2.47. The second kappa shape index (κ2) is 5.02. The summed E-state index contributed by atoms with van der Waals surface area (Å²) in [6.07, 6.45) is 3.61. The number of nitrogens with zero attached hydrogens (tertiary/aromatic N) is 2. The fraction of sp³-hybridized carbons (Fsp3) is 0.375. The van der Waals surface area contributed by atoms with Gasteiger partial charge >= 0.3 is 0 Å². The summed E-state index contributed by atoms with van der Waals surface area (Å²) in [6, 6.07) is 2.07. The predicted molar refractivity (Wildman–Crippen MR) is 90.7 cm³/mol. The maximum absolute atomic E-state index is 12.6. The third-order valence-corrected chi connectivity index (χ3v) is 5.92. The van der Waals surface area contributed by atoms with Crippen LogP contribution in [0, 0.1) is 0 Å². The Morgan fingerprint density at radius 1 is 1.43 bits per heavy atom. The zero-order chi connectivity index (χ0) is 16.2. The lowest BCUT2D eigenvalue weighted by atomic mass is 9.89. The highest BCUT2D eigenvalue weighted by Gasteiger charge is 2.37. The first kappa shape index (κ1) is 14.6. The molecule has 1 aliphatic heterocycles. The molecule has 4 rings (SSSR count). The molecule has 0 fully saturated rings. The first-order valence-electron chi connectivity index (χ1n) is 7.44. The summed E-state index contributed by atoms with van der Waals surface area (Å²) in [6.45, 7) is 3.18. The number of rotatable bonds is 2. The topological polar surface area (TPSA) is 74.0 Å². The minimum Gasteiger partial charge on any atom is -0.374 e. The molecule has 3 aromatic heterocycles. The van der Waals surface area contributed by atoms with Gasteiger partial charge in [0.1, 0.15) is 4.70 Å². The SMILES string of the molecule is CN(C)[C@]1(C)COCc2c1[nH]c(=O)c1sc(-c3cn[nH]c3)cc21. The Hall–Kier alpha value is -1.96. The van der Waals surface area contributed by atoms with Crippen LogP contribution in [0.1, 0.15) is 18.2 Å². The van der Waals surface area contributed by atoms with Crippen molar-refractivity contribution in [2.45, 2.75) is 19.1 Å². The van der Waals surface area contributed by atoms with Crippen LogP contribution in [0.15, 0.2) is 23.3 Å². The van der Waals surface area contributed by atoms with E-state index in [4.69, 9.17) is 4.74 Å². The van der Waals surface area contributed by atoms with Crippen molar-refractivity contribution < 1.29 is 4.74 Å². The largest absolute Gasteiger partial charge is 0.374 e. The van der Waals surface area contributed by atoms with Gasteiger partial charge in [-0.1, -0.05) is 0 Å². The summed E-state index contributed by atoms with van der Waals surface area (Å²) in [7, 11) is 4.01. The van der Waals surface area contributed by atoms with Gasteiger partial charge in [-0.05, 0) is 27.1 Å². The Balaban J connectivity index is 2.01. The van der Waals surface area contributed by atoms with Crippen molar-refractivity contribution in [3.8, 4) is 10.4 Å². The van der Waals surface area contributed by atoms with Gasteiger partial charge in [-0.3, -0.25) is 14.8 Å². The van der Waals surface area contributed by atoms with Crippen LogP contribution in [0.2, 0.25) is 0 Å². The molecule has 120 valence electrons. The van der Waals surface area contributed by atoms with Crippen molar-refractivity contribution in [3.05, 3.63) is 40.1 Å². The fourth-order valence-corrected chi connectivity index (χ4v) is 4.14. The number of aromatic amines is 2. The molecule has 1 atom stereocenters. The van der Waals surface area contributed by atoms with E-state index in [1.807, 2.05) is 20.3 Å². The number of likely N-dealkylation sites (N-methyl/N-ethyl adjacent to an activating group) is 1. The van der Waals surface area contributed by atoms with Gasteiger partial charge in [0.25, 0.3) is 5.56 Å². The second-order valence-electron chi connectivity index (χ2n) is 6.31. The lowest BCUT2D eigenvalue weighted by molar-refractivity contribution is -0.00617. The van der Waals surface area contributed by atoms with Gasteiger partial charge in [0.15, 0.2) is 0 Å². The maximum atomic E-state index is 12.6. The third kappa shape index (κ3) is 2.08. The summed E-state index contributed by atoms with van der Waals surface area (Å²) in [5, 5.41) is 7.79. The highest BCUT2D eigenvalue weighted by atomic mass is 32.1. The summed E-state index contributed by atoms with van der Waals surface area (Å²) in [5.41, 5.74) is 2.66. The van der Waals surface area contributed by atoms with Gasteiger partial charge in [-0.15, -0.1) is 11.3 Å². The number of hydrogen-bond acceptors (Lipinski definition) is 5. The van der Waals surface area contributed by atoms with Crippen LogP contribution in [0.25, 0.3) is 20.5 Å². The van der Waals surface area contributed by atoms with Crippen LogP contribution >= 0.6 is 11.3 Å². The Bertz CT molecular complexity index is 926. The summed E-state index contributed by atoms with van der Waals surface area (Å²) < 4.78 is 6.59. The highest BCUT2D eigenvalue weighted by Crippen LogP contribution is 2.39. The highest BCUT2D eigenvalue weighted by molar-refractivity contribution is 7.22. The maximum Gasteiger partial charge on any atom is 0.266 e. The average molecular weight is 330 g/mol. The fourth-order valence-electron chi connectivity index (χ4n) is 3.08. The molecule has 23 heavy (non-hydrogen) atoms. The van der Waals surface area contributed by atoms with Crippen LogP contribution in [0.4, 0.5) is 0 Å². The van der Waals surface area contributed by atoms with Crippen molar-refractivity contribution in [3.63, 3.8) is 0 Å². The van der Waals surface area contributed by atoms with E-state index in [1.54, 1.807) is 6.20 Å². The smallest absolute Gasteiger partial charge is 0.266 e. The van der Waals surface area contributed by atoms with Crippen LogP contribution in [-0.2, 0) is 16.9 Å². The van der Waals surface area contributed by atoms with Crippen molar-refractivity contribution in [1.29, 1.82) is 0 Å². The zero-order valence-electron chi connectivity index (χ0n) is 13.3. The molecule has 4 heterocycles. The van der Waals surface area contributed by atoms with Gasteiger partial charge in [-0.2, -0.15) is 5.10 Å². The Kier molecular flexibility index (Phi) is 3.19. The van der Waals surface area contributed by atoms with E-state index < -0.39 is 0 Å². The van der Waals surface area contributed by atoms with E-state index in [2.05, 4.69) is 33.1 Å². The van der Waals surface area contributed by atoms with Gasteiger partial charge in [-0.25, -0.2) is 0 Å². The van der Waals surface area contributed by atoms with Crippen LogP contribution in [0.3, 0.4) is 0 Å². The molecule has 0 bridgehead atoms. The van der Waals surface area contributed by atoms with E-state index >= 15 is 0 Å². The number of pyridine rings is 1. The summed E-state index contributed by atoms with van der Waals surface area (Å²) in [5.74, 6) is 0. The molecule has 0 aliphatic carbocycles. The molecule has 3 aromatic rings. The van der Waals surface area contributed by atoms with E-state index in [9.17, 15) is 4.79 Å². The average Bonchev–Trinajstić information content (AvgIpc) is 3.17. The number of aromatic nitrogens is 3. The molecule has 7 heteroatoms. The number of H-pyrrole nitrogens is 2. The Morgan fingerprint density at radius 3 is 2.96 bits per heavy atom. The van der Waals surface area contributed by atoms with Crippen LogP contribution in [0.5, 0.6) is 0 Å². The predicted octanol–water partition coefficient (Wildman–Crippen LogP) is 2.29. The molecule has 1 aliphatic rings.